The van der Waals surface area contributed by atoms with Gasteiger partial charge in [-0.2, -0.15) is 0 Å². The molecule has 1 unspecified atom stereocenters. The molecule has 0 radical (unpaired) electrons. The maximum Gasteiger partial charge on any atom is 0.255 e. The van der Waals surface area contributed by atoms with Crippen LogP contribution in [-0.4, -0.2) is 12.0 Å². The zero-order chi connectivity index (χ0) is 16.1. The van der Waals surface area contributed by atoms with E-state index in [1.54, 1.807) is 42.5 Å². The number of rotatable bonds is 5. The molecule has 5 heteroatoms. The number of amides is 1. The second kappa shape index (κ2) is 7.52. The number of ether oxygens (including phenoxy) is 1. The number of hydrogen-bond acceptors (Lipinski definition) is 2. The minimum absolute atomic E-state index is 0.146. The van der Waals surface area contributed by atoms with Crippen LogP contribution in [0, 0.1) is 0 Å². The molecular weight excluding hydrogens is 321 g/mol. The summed E-state index contributed by atoms with van der Waals surface area (Å²) in [6.45, 7) is 4.06. The first-order valence-electron chi connectivity index (χ1n) is 7.02. The first kappa shape index (κ1) is 16.7. The molecule has 1 amide bonds. The van der Waals surface area contributed by atoms with Crippen molar-refractivity contribution in [3.8, 4) is 5.75 Å². The molecule has 116 valence electrons. The summed E-state index contributed by atoms with van der Waals surface area (Å²) in [5.74, 6) is 0.509. The van der Waals surface area contributed by atoms with E-state index in [1.165, 1.54) is 0 Å². The van der Waals surface area contributed by atoms with E-state index in [1.807, 2.05) is 6.92 Å². The third-order valence-electron chi connectivity index (χ3n) is 3.21. The fourth-order valence-corrected chi connectivity index (χ4v) is 2.24. The number of carbonyl (C=O) groups excluding carboxylic acids is 1. The molecule has 3 nitrogen and oxygen atoms in total. The molecule has 0 saturated carbocycles. The highest BCUT2D eigenvalue weighted by molar-refractivity contribution is 6.36. The molecule has 2 rings (SSSR count). The van der Waals surface area contributed by atoms with Gasteiger partial charge in [0.25, 0.3) is 5.91 Å². The quantitative estimate of drug-likeness (QED) is 0.790. The average molecular weight is 338 g/mol. The number of anilines is 1. The van der Waals surface area contributed by atoms with Gasteiger partial charge in [0.1, 0.15) is 5.75 Å². The van der Waals surface area contributed by atoms with E-state index in [9.17, 15) is 4.79 Å². The molecular formula is C17H17Cl2NO2. The van der Waals surface area contributed by atoms with Gasteiger partial charge in [0.2, 0.25) is 0 Å². The predicted molar refractivity (Wildman–Crippen MR) is 91.2 cm³/mol. The molecule has 0 aliphatic carbocycles. The van der Waals surface area contributed by atoms with Crippen LogP contribution in [0.3, 0.4) is 0 Å². The zero-order valence-electron chi connectivity index (χ0n) is 12.4. The van der Waals surface area contributed by atoms with Crippen molar-refractivity contribution in [2.45, 2.75) is 26.4 Å². The molecule has 0 fully saturated rings. The summed E-state index contributed by atoms with van der Waals surface area (Å²) in [5, 5.41) is 3.68. The Hall–Kier alpha value is -1.71. The summed E-state index contributed by atoms with van der Waals surface area (Å²) in [6.07, 6.45) is 1.07. The summed E-state index contributed by atoms with van der Waals surface area (Å²) in [6, 6.07) is 11.9. The van der Waals surface area contributed by atoms with Gasteiger partial charge in [0, 0.05) is 10.6 Å². The van der Waals surface area contributed by atoms with Crippen LogP contribution < -0.4 is 10.1 Å². The van der Waals surface area contributed by atoms with Gasteiger partial charge in [-0.3, -0.25) is 4.79 Å². The Balaban J connectivity index is 2.06. The number of nitrogens with one attached hydrogen (secondary N) is 1. The van der Waals surface area contributed by atoms with Crippen molar-refractivity contribution in [2.75, 3.05) is 5.32 Å². The van der Waals surface area contributed by atoms with Crippen LogP contribution in [0.25, 0.3) is 0 Å². The Morgan fingerprint density at radius 3 is 2.45 bits per heavy atom. The molecule has 1 atom stereocenters. The van der Waals surface area contributed by atoms with Crippen molar-refractivity contribution in [2.24, 2.45) is 0 Å². The summed E-state index contributed by atoms with van der Waals surface area (Å²) in [4.78, 5) is 12.2. The molecule has 2 aromatic rings. The molecule has 0 saturated heterocycles. The van der Waals surface area contributed by atoms with Gasteiger partial charge >= 0.3 is 0 Å². The van der Waals surface area contributed by atoms with Gasteiger partial charge in [-0.1, -0.05) is 30.1 Å². The van der Waals surface area contributed by atoms with Crippen LogP contribution in [0.15, 0.2) is 42.5 Å². The Labute approximate surface area is 140 Å². The van der Waals surface area contributed by atoms with Crippen molar-refractivity contribution >= 4 is 34.8 Å². The zero-order valence-corrected chi connectivity index (χ0v) is 13.9. The molecule has 0 aromatic heterocycles. The SMILES string of the molecule is CCC(C)Oc1ccc(C(=O)Nc2ccc(Cl)cc2Cl)cc1. The van der Waals surface area contributed by atoms with Crippen LogP contribution in [-0.2, 0) is 0 Å². The monoisotopic (exact) mass is 337 g/mol. The van der Waals surface area contributed by atoms with Gasteiger partial charge in [-0.05, 0) is 55.8 Å². The Kier molecular flexibility index (Phi) is 5.69. The molecule has 2 aromatic carbocycles. The maximum atomic E-state index is 12.2. The second-order valence-corrected chi connectivity index (χ2v) is 5.78. The first-order valence-corrected chi connectivity index (χ1v) is 7.78. The fourth-order valence-electron chi connectivity index (χ4n) is 1.79. The number of carbonyl (C=O) groups is 1. The Morgan fingerprint density at radius 1 is 1.18 bits per heavy atom. The summed E-state index contributed by atoms with van der Waals surface area (Å²) in [7, 11) is 0. The molecule has 0 heterocycles. The van der Waals surface area contributed by atoms with Crippen LogP contribution in [0.1, 0.15) is 30.6 Å². The van der Waals surface area contributed by atoms with Crippen molar-refractivity contribution in [3.63, 3.8) is 0 Å². The molecule has 0 aliphatic heterocycles. The minimum atomic E-state index is -0.237. The molecule has 0 spiro atoms. The van der Waals surface area contributed by atoms with Crippen molar-refractivity contribution in [1.29, 1.82) is 0 Å². The average Bonchev–Trinajstić information content (AvgIpc) is 2.50. The largest absolute Gasteiger partial charge is 0.491 e. The van der Waals surface area contributed by atoms with E-state index >= 15 is 0 Å². The van der Waals surface area contributed by atoms with Crippen molar-refractivity contribution < 1.29 is 9.53 Å². The highest BCUT2D eigenvalue weighted by Crippen LogP contribution is 2.26. The van der Waals surface area contributed by atoms with Gasteiger partial charge in [0.15, 0.2) is 0 Å². The third-order valence-corrected chi connectivity index (χ3v) is 3.76. The first-order chi connectivity index (χ1) is 10.5. The number of benzene rings is 2. The normalized spacial score (nSPS) is 11.8. The lowest BCUT2D eigenvalue weighted by Crippen LogP contribution is -2.13. The summed E-state index contributed by atoms with van der Waals surface area (Å²) >= 11 is 11.9. The number of hydrogen-bond donors (Lipinski definition) is 1. The van der Waals surface area contributed by atoms with E-state index in [4.69, 9.17) is 27.9 Å². The van der Waals surface area contributed by atoms with E-state index < -0.39 is 0 Å². The molecule has 0 aliphatic rings. The lowest BCUT2D eigenvalue weighted by atomic mass is 10.2. The van der Waals surface area contributed by atoms with E-state index in [2.05, 4.69) is 12.2 Å². The van der Waals surface area contributed by atoms with Crippen molar-refractivity contribution in [1.82, 2.24) is 0 Å². The van der Waals surface area contributed by atoms with E-state index in [0.717, 1.165) is 12.2 Å². The van der Waals surface area contributed by atoms with Gasteiger partial charge in [0.05, 0.1) is 16.8 Å². The van der Waals surface area contributed by atoms with Crippen molar-refractivity contribution in [3.05, 3.63) is 58.1 Å². The number of halogens is 2. The maximum absolute atomic E-state index is 12.2. The fraction of sp³-hybridized carbons (Fsp3) is 0.235. The standard InChI is InChI=1S/C17H17Cl2NO2/c1-3-11(2)22-14-7-4-12(5-8-14)17(21)20-16-9-6-13(18)10-15(16)19/h4-11H,3H2,1-2H3,(H,20,21). The predicted octanol–water partition coefficient (Wildman–Crippen LogP) is 5.42. The highest BCUT2D eigenvalue weighted by Gasteiger charge is 2.09. The summed E-state index contributed by atoms with van der Waals surface area (Å²) < 4.78 is 5.68. The van der Waals surface area contributed by atoms with Gasteiger partial charge < -0.3 is 10.1 Å². The third kappa shape index (κ3) is 4.39. The molecule has 22 heavy (non-hydrogen) atoms. The Bertz CT molecular complexity index is 656. The van der Waals surface area contributed by atoms with E-state index in [0.29, 0.717) is 21.3 Å². The lowest BCUT2D eigenvalue weighted by Gasteiger charge is -2.13. The highest BCUT2D eigenvalue weighted by atomic mass is 35.5. The summed E-state index contributed by atoms with van der Waals surface area (Å²) in [5.41, 5.74) is 1.05. The van der Waals surface area contributed by atoms with Crippen LogP contribution >= 0.6 is 23.2 Å². The lowest BCUT2D eigenvalue weighted by molar-refractivity contribution is 0.102. The van der Waals surface area contributed by atoms with Crippen LogP contribution in [0.5, 0.6) is 5.75 Å². The van der Waals surface area contributed by atoms with Gasteiger partial charge in [-0.15, -0.1) is 0 Å². The minimum Gasteiger partial charge on any atom is -0.491 e. The molecule has 1 N–H and O–H groups in total. The smallest absolute Gasteiger partial charge is 0.255 e. The molecule has 0 bridgehead atoms. The van der Waals surface area contributed by atoms with Crippen LogP contribution in [0.2, 0.25) is 10.0 Å². The second-order valence-electron chi connectivity index (χ2n) is 4.94. The van der Waals surface area contributed by atoms with E-state index in [-0.39, 0.29) is 12.0 Å². The van der Waals surface area contributed by atoms with Crippen LogP contribution in [0.4, 0.5) is 5.69 Å². The Morgan fingerprint density at radius 2 is 1.86 bits per heavy atom. The van der Waals surface area contributed by atoms with Gasteiger partial charge in [-0.25, -0.2) is 0 Å². The topological polar surface area (TPSA) is 38.3 Å².